The Labute approximate surface area is 339 Å². The molecular formula is C43H44Cl3N6O2P. The van der Waals surface area contributed by atoms with Crippen LogP contribution in [-0.2, 0) is 4.79 Å². The van der Waals surface area contributed by atoms with Crippen molar-refractivity contribution in [1.29, 1.82) is 0 Å². The van der Waals surface area contributed by atoms with Crippen LogP contribution in [0.4, 0.5) is 11.4 Å². The van der Waals surface area contributed by atoms with Gasteiger partial charge in [0.05, 0.1) is 35.1 Å². The Morgan fingerprint density at radius 3 is 2.49 bits per heavy atom. The fraction of sp³-hybridized carbons (Fsp3) is 0.279. The van der Waals surface area contributed by atoms with Gasteiger partial charge in [-0.05, 0) is 93.5 Å². The first-order valence-corrected chi connectivity index (χ1v) is 20.3. The molecule has 284 valence electrons. The summed E-state index contributed by atoms with van der Waals surface area (Å²) in [6, 6.07) is 27.5. The highest BCUT2D eigenvalue weighted by Gasteiger charge is 2.30. The van der Waals surface area contributed by atoms with E-state index in [1.807, 2.05) is 73.1 Å². The van der Waals surface area contributed by atoms with Crippen molar-refractivity contribution >= 4 is 83.8 Å². The van der Waals surface area contributed by atoms with Crippen molar-refractivity contribution in [1.82, 2.24) is 19.4 Å². The van der Waals surface area contributed by atoms with E-state index in [9.17, 15) is 9.59 Å². The number of aromatic amines is 1. The zero-order valence-corrected chi connectivity index (χ0v) is 34.3. The molecule has 1 fully saturated rings. The number of imidazole rings is 1. The van der Waals surface area contributed by atoms with E-state index >= 15 is 0 Å². The zero-order valence-electron chi connectivity index (χ0n) is 30.9. The number of rotatable bonds is 13. The Morgan fingerprint density at radius 2 is 1.75 bits per heavy atom. The van der Waals surface area contributed by atoms with Gasteiger partial charge in [0.25, 0.3) is 5.91 Å². The Bertz CT molecular complexity index is 2320. The van der Waals surface area contributed by atoms with Crippen LogP contribution in [0.3, 0.4) is 0 Å². The molecule has 0 aliphatic carbocycles. The Balaban J connectivity index is 1.27. The summed E-state index contributed by atoms with van der Waals surface area (Å²) >= 11 is 19.6. The van der Waals surface area contributed by atoms with Crippen molar-refractivity contribution in [3.63, 3.8) is 0 Å². The van der Waals surface area contributed by atoms with Crippen LogP contribution in [0.15, 0.2) is 91.3 Å². The van der Waals surface area contributed by atoms with E-state index in [1.54, 1.807) is 6.07 Å². The third kappa shape index (κ3) is 8.50. The quantitative estimate of drug-likeness (QED) is 0.0689. The Hall–Kier alpha value is -4.17. The lowest BCUT2D eigenvalue weighted by Crippen LogP contribution is -2.44. The molecule has 55 heavy (non-hydrogen) atoms. The molecule has 3 heterocycles. The van der Waals surface area contributed by atoms with E-state index < -0.39 is 0 Å². The molecule has 0 bridgehead atoms. The highest BCUT2D eigenvalue weighted by molar-refractivity contribution is 7.27. The standard InChI is InChI=1S/C43H44Cl3N6O2P/c1-27(33-14-11-29(44)23-35(33)46)52-26-47-40(28-9-5-3-6-10-28)42(52)39-34-15-12-30(45)24-36(34)48-41(39)43(54)49-37-25-32(55)13-16-38(37)51-20-17-31(18-21-51)50(2)19-7-4-8-22-53/h3,5-6,9-16,22-27,31,48H,4,7-8,17-21,55H2,1-2H3,(H,49,54). The van der Waals surface area contributed by atoms with E-state index in [2.05, 4.69) is 60.0 Å². The normalized spacial score (nSPS) is 14.1. The number of benzene rings is 4. The van der Waals surface area contributed by atoms with Gasteiger partial charge < -0.3 is 29.5 Å². The molecule has 8 nitrogen and oxygen atoms in total. The lowest BCUT2D eigenvalue weighted by atomic mass is 9.99. The second kappa shape index (κ2) is 17.3. The summed E-state index contributed by atoms with van der Waals surface area (Å²) in [6.07, 6.45) is 7.39. The van der Waals surface area contributed by atoms with Crippen molar-refractivity contribution < 1.29 is 9.59 Å². The number of carbonyl (C=O) groups is 2. The lowest BCUT2D eigenvalue weighted by Gasteiger charge is -2.38. The first kappa shape index (κ1) is 39.1. The molecule has 12 heteroatoms. The molecule has 2 N–H and O–H groups in total. The molecule has 6 aromatic rings. The lowest BCUT2D eigenvalue weighted by molar-refractivity contribution is -0.107. The largest absolute Gasteiger partial charge is 0.370 e. The molecule has 1 aliphatic heterocycles. The summed E-state index contributed by atoms with van der Waals surface area (Å²) in [5, 5.41) is 6.75. The summed E-state index contributed by atoms with van der Waals surface area (Å²) < 4.78 is 2.07. The number of amides is 1. The van der Waals surface area contributed by atoms with E-state index in [4.69, 9.17) is 39.8 Å². The topological polar surface area (TPSA) is 86.3 Å². The highest BCUT2D eigenvalue weighted by atomic mass is 35.5. The van der Waals surface area contributed by atoms with Gasteiger partial charge in [-0.15, -0.1) is 9.24 Å². The summed E-state index contributed by atoms with van der Waals surface area (Å²) in [4.78, 5) is 38.8. The minimum Gasteiger partial charge on any atom is -0.370 e. The highest BCUT2D eigenvalue weighted by Crippen LogP contribution is 2.42. The van der Waals surface area contributed by atoms with Gasteiger partial charge in [-0.1, -0.05) is 83.3 Å². The van der Waals surface area contributed by atoms with E-state index in [-0.39, 0.29) is 11.9 Å². The molecule has 1 aliphatic rings. The van der Waals surface area contributed by atoms with Crippen LogP contribution >= 0.6 is 44.0 Å². The number of halogens is 3. The van der Waals surface area contributed by atoms with Crippen LogP contribution in [0.5, 0.6) is 0 Å². The number of aldehydes is 1. The minimum atomic E-state index is -0.284. The van der Waals surface area contributed by atoms with E-state index in [0.29, 0.717) is 38.8 Å². The van der Waals surface area contributed by atoms with Gasteiger partial charge in [0.15, 0.2) is 0 Å². The van der Waals surface area contributed by atoms with Crippen molar-refractivity contribution in [3.8, 4) is 22.5 Å². The van der Waals surface area contributed by atoms with Gasteiger partial charge in [-0.2, -0.15) is 0 Å². The van der Waals surface area contributed by atoms with Gasteiger partial charge in [0, 0.05) is 62.6 Å². The number of H-pyrrole nitrogens is 1. The van der Waals surface area contributed by atoms with E-state index in [1.165, 1.54) is 0 Å². The van der Waals surface area contributed by atoms with Gasteiger partial charge in [0.2, 0.25) is 0 Å². The number of fused-ring (bicyclic) bond motifs is 1. The molecule has 2 atom stereocenters. The summed E-state index contributed by atoms with van der Waals surface area (Å²) in [7, 11) is 4.94. The van der Waals surface area contributed by atoms with Crippen LogP contribution in [0.2, 0.25) is 15.1 Å². The van der Waals surface area contributed by atoms with Crippen molar-refractivity contribution in [2.24, 2.45) is 0 Å². The molecule has 4 aromatic carbocycles. The first-order chi connectivity index (χ1) is 26.6. The number of aromatic nitrogens is 3. The second-order valence-corrected chi connectivity index (χ2v) is 16.2. The molecule has 7 rings (SSSR count). The third-order valence-electron chi connectivity index (χ3n) is 10.7. The third-order valence-corrected chi connectivity index (χ3v) is 11.8. The van der Waals surface area contributed by atoms with Crippen molar-refractivity contribution in [2.75, 3.05) is 36.9 Å². The molecule has 1 amide bonds. The fourth-order valence-corrected chi connectivity index (χ4v) is 8.72. The average molecular weight is 814 g/mol. The monoisotopic (exact) mass is 812 g/mol. The Morgan fingerprint density at radius 1 is 1.00 bits per heavy atom. The van der Waals surface area contributed by atoms with Crippen LogP contribution in [0.1, 0.15) is 61.1 Å². The van der Waals surface area contributed by atoms with Gasteiger partial charge >= 0.3 is 0 Å². The summed E-state index contributed by atoms with van der Waals surface area (Å²) in [5.74, 6) is -0.284. The fourth-order valence-electron chi connectivity index (χ4n) is 7.72. The maximum atomic E-state index is 14.8. The van der Waals surface area contributed by atoms with Crippen LogP contribution in [-0.4, -0.2) is 64.4 Å². The Kier molecular flexibility index (Phi) is 12.3. The van der Waals surface area contributed by atoms with Crippen molar-refractivity contribution in [2.45, 2.75) is 51.1 Å². The molecule has 1 saturated heterocycles. The molecule has 0 radical (unpaired) electrons. The molecule has 2 unspecified atom stereocenters. The number of anilines is 2. The molecule has 2 aromatic heterocycles. The number of piperidine rings is 1. The number of nitrogens with one attached hydrogen (secondary N) is 2. The van der Waals surface area contributed by atoms with Gasteiger partial charge in [-0.25, -0.2) is 4.98 Å². The number of unbranched alkanes of at least 4 members (excludes halogenated alkanes) is 2. The minimum absolute atomic E-state index is 0.267. The zero-order chi connectivity index (χ0) is 38.6. The van der Waals surface area contributed by atoms with Gasteiger partial charge in [-0.3, -0.25) is 4.79 Å². The summed E-state index contributed by atoms with van der Waals surface area (Å²) in [5.41, 5.74) is 6.81. The molecular weight excluding hydrogens is 770 g/mol. The maximum Gasteiger partial charge on any atom is 0.272 e. The van der Waals surface area contributed by atoms with Gasteiger partial charge in [0.1, 0.15) is 12.0 Å². The van der Waals surface area contributed by atoms with Crippen molar-refractivity contribution in [3.05, 3.63) is 118 Å². The number of nitrogens with zero attached hydrogens (tertiary/aromatic N) is 4. The average Bonchev–Trinajstić information content (AvgIpc) is 3.78. The maximum absolute atomic E-state index is 14.8. The smallest absolute Gasteiger partial charge is 0.272 e. The predicted octanol–water partition coefficient (Wildman–Crippen LogP) is 10.3. The number of hydrogen-bond donors (Lipinski definition) is 2. The van der Waals surface area contributed by atoms with Crippen LogP contribution < -0.4 is 15.5 Å². The predicted molar refractivity (Wildman–Crippen MR) is 232 cm³/mol. The van der Waals surface area contributed by atoms with Crippen LogP contribution in [0, 0.1) is 0 Å². The first-order valence-electron chi connectivity index (χ1n) is 18.6. The number of hydrogen-bond acceptors (Lipinski definition) is 5. The number of carbonyl (C=O) groups excluding carboxylic acids is 2. The molecule has 0 saturated carbocycles. The SMILES string of the molecule is CC(c1ccc(Cl)cc1Cl)n1cnc(-c2ccccc2)c1-c1c(C(=O)Nc2cc(P)ccc2N2CCC(N(C)CCCCC=O)CC2)[nH]c2cc(Cl)ccc12. The summed E-state index contributed by atoms with van der Waals surface area (Å²) in [6.45, 7) is 4.77. The molecule has 0 spiro atoms. The second-order valence-electron chi connectivity index (χ2n) is 14.2. The van der Waals surface area contributed by atoms with Crippen LogP contribution in [0.25, 0.3) is 33.4 Å². The van der Waals surface area contributed by atoms with E-state index in [0.717, 1.165) is 102 Å².